The first-order chi connectivity index (χ1) is 8.10. The average Bonchev–Trinajstić information content (AvgIpc) is 2.60. The second-order valence-corrected chi connectivity index (χ2v) is 3.50. The maximum Gasteiger partial charge on any atom is 0.342 e. The van der Waals surface area contributed by atoms with Gasteiger partial charge in [0.2, 0.25) is 0 Å². The van der Waals surface area contributed by atoms with E-state index in [1.165, 1.54) is 25.3 Å². The van der Waals surface area contributed by atoms with Crippen LogP contribution in [0.1, 0.15) is 12.0 Å². The Kier molecular flexibility index (Phi) is 2.91. The highest BCUT2D eigenvalue weighted by Gasteiger charge is 2.27. The van der Waals surface area contributed by atoms with Crippen molar-refractivity contribution >= 4 is 18.0 Å². The van der Waals surface area contributed by atoms with E-state index in [-0.39, 0.29) is 17.6 Å². The summed E-state index contributed by atoms with van der Waals surface area (Å²) < 4.78 is 22.7. The van der Waals surface area contributed by atoms with Gasteiger partial charge in [-0.15, -0.1) is 0 Å². The third-order valence-electron chi connectivity index (χ3n) is 2.34. The molecule has 0 amide bonds. The number of hydrogen-bond acceptors (Lipinski definition) is 4. The van der Waals surface area contributed by atoms with Crippen molar-refractivity contribution in [2.45, 2.75) is 6.42 Å². The van der Waals surface area contributed by atoms with Crippen LogP contribution < -0.4 is 4.74 Å². The van der Waals surface area contributed by atoms with E-state index >= 15 is 0 Å². The number of methoxy groups -OCH3 is 1. The molecule has 0 spiro atoms. The summed E-state index contributed by atoms with van der Waals surface area (Å²) in [6, 6.07) is 4.24. The molecule has 1 heterocycles. The van der Waals surface area contributed by atoms with E-state index in [4.69, 9.17) is 4.74 Å². The minimum Gasteiger partial charge on any atom is -0.497 e. The zero-order chi connectivity index (χ0) is 12.4. The molecule has 2 rings (SSSR count). The molecule has 0 aromatic heterocycles. The lowest BCUT2D eigenvalue weighted by atomic mass is 10.1. The number of rotatable bonds is 2. The summed E-state index contributed by atoms with van der Waals surface area (Å²) in [6.07, 6.45) is 1.19. The summed E-state index contributed by atoms with van der Waals surface area (Å²) >= 11 is 0. The summed E-state index contributed by atoms with van der Waals surface area (Å²) in [4.78, 5) is 22.0. The van der Waals surface area contributed by atoms with Gasteiger partial charge in [-0.1, -0.05) is 0 Å². The number of hydrogen-bond donors (Lipinski definition) is 0. The lowest BCUT2D eigenvalue weighted by molar-refractivity contribution is -0.151. The minimum absolute atomic E-state index is 0.121. The lowest BCUT2D eigenvalue weighted by Crippen LogP contribution is -1.97. The van der Waals surface area contributed by atoms with Gasteiger partial charge in [0.15, 0.2) is 0 Å². The van der Waals surface area contributed by atoms with Crippen LogP contribution in [-0.4, -0.2) is 19.0 Å². The molecule has 0 radical (unpaired) electrons. The topological polar surface area (TPSA) is 52.6 Å². The van der Waals surface area contributed by atoms with E-state index in [9.17, 15) is 14.0 Å². The highest BCUT2D eigenvalue weighted by atomic mass is 19.1. The standard InChI is InChI=1S/C12H9FO4/c1-16-9-3-2-7(10(13)6-9)4-8-5-11(14)17-12(8)15/h2-4,6H,5H2,1H3/b8-4+. The molecule has 0 atom stereocenters. The molecule has 1 fully saturated rings. The molecule has 1 aromatic rings. The monoisotopic (exact) mass is 236 g/mol. The number of carbonyl (C=O) groups is 2. The molecular weight excluding hydrogens is 227 g/mol. The molecule has 0 N–H and O–H groups in total. The van der Waals surface area contributed by atoms with Crippen molar-refractivity contribution in [2.24, 2.45) is 0 Å². The van der Waals surface area contributed by atoms with Crippen LogP contribution in [0, 0.1) is 5.82 Å². The zero-order valence-electron chi connectivity index (χ0n) is 9.03. The van der Waals surface area contributed by atoms with Gasteiger partial charge >= 0.3 is 11.9 Å². The Morgan fingerprint density at radius 2 is 2.18 bits per heavy atom. The van der Waals surface area contributed by atoms with Crippen molar-refractivity contribution < 1.29 is 23.5 Å². The molecule has 0 saturated carbocycles. The van der Waals surface area contributed by atoms with Crippen LogP contribution in [0.4, 0.5) is 4.39 Å². The van der Waals surface area contributed by atoms with Gasteiger partial charge in [0.05, 0.1) is 13.5 Å². The Morgan fingerprint density at radius 3 is 2.71 bits per heavy atom. The van der Waals surface area contributed by atoms with Gasteiger partial charge in [0.25, 0.3) is 0 Å². The highest BCUT2D eigenvalue weighted by Crippen LogP contribution is 2.22. The summed E-state index contributed by atoms with van der Waals surface area (Å²) in [5.41, 5.74) is 0.367. The van der Waals surface area contributed by atoms with E-state index in [2.05, 4.69) is 4.74 Å². The van der Waals surface area contributed by atoms with Crippen molar-refractivity contribution in [1.82, 2.24) is 0 Å². The molecular formula is C12H9FO4. The SMILES string of the molecule is COc1ccc(/C=C2\CC(=O)OC2=O)c(F)c1. The normalized spacial score (nSPS) is 17.4. The molecule has 88 valence electrons. The molecule has 1 aromatic carbocycles. The smallest absolute Gasteiger partial charge is 0.342 e. The van der Waals surface area contributed by atoms with Crippen molar-refractivity contribution in [3.63, 3.8) is 0 Å². The first-order valence-electron chi connectivity index (χ1n) is 4.89. The number of benzene rings is 1. The Bertz CT molecular complexity index is 519. The number of carbonyl (C=O) groups excluding carboxylic acids is 2. The average molecular weight is 236 g/mol. The van der Waals surface area contributed by atoms with Crippen molar-refractivity contribution in [3.8, 4) is 5.75 Å². The highest BCUT2D eigenvalue weighted by molar-refractivity contribution is 6.08. The zero-order valence-corrected chi connectivity index (χ0v) is 9.03. The molecule has 5 heteroatoms. The summed E-state index contributed by atoms with van der Waals surface area (Å²) in [5, 5.41) is 0. The van der Waals surface area contributed by atoms with Crippen LogP contribution in [0.2, 0.25) is 0 Å². The van der Waals surface area contributed by atoms with E-state index in [1.807, 2.05) is 0 Å². The third kappa shape index (κ3) is 2.33. The molecule has 17 heavy (non-hydrogen) atoms. The second-order valence-electron chi connectivity index (χ2n) is 3.50. The molecule has 0 bridgehead atoms. The first-order valence-corrected chi connectivity index (χ1v) is 4.89. The van der Waals surface area contributed by atoms with Gasteiger partial charge in [-0.3, -0.25) is 4.79 Å². The predicted molar refractivity (Wildman–Crippen MR) is 56.6 cm³/mol. The van der Waals surface area contributed by atoms with Gasteiger partial charge in [-0.2, -0.15) is 0 Å². The van der Waals surface area contributed by atoms with Crippen LogP contribution in [0.3, 0.4) is 0 Å². The van der Waals surface area contributed by atoms with Gasteiger partial charge in [-0.25, -0.2) is 9.18 Å². The van der Waals surface area contributed by atoms with Crippen molar-refractivity contribution in [3.05, 3.63) is 35.2 Å². The predicted octanol–water partition coefficient (Wildman–Crippen LogP) is 1.69. The quantitative estimate of drug-likeness (QED) is 0.445. The van der Waals surface area contributed by atoms with E-state index < -0.39 is 17.8 Å². The lowest BCUT2D eigenvalue weighted by Gasteiger charge is -2.02. The molecule has 1 aliphatic heterocycles. The summed E-state index contributed by atoms with van der Waals surface area (Å²) in [6.45, 7) is 0. The Labute approximate surface area is 96.6 Å². The second kappa shape index (κ2) is 4.37. The van der Waals surface area contributed by atoms with Gasteiger partial charge in [0.1, 0.15) is 11.6 Å². The van der Waals surface area contributed by atoms with Crippen LogP contribution in [-0.2, 0) is 14.3 Å². The number of ether oxygens (including phenoxy) is 2. The Balaban J connectivity index is 2.33. The first kappa shape index (κ1) is 11.3. The van der Waals surface area contributed by atoms with Crippen molar-refractivity contribution in [1.29, 1.82) is 0 Å². The van der Waals surface area contributed by atoms with E-state index in [1.54, 1.807) is 6.07 Å². The van der Waals surface area contributed by atoms with E-state index in [0.717, 1.165) is 0 Å². The van der Waals surface area contributed by atoms with Gasteiger partial charge in [0, 0.05) is 17.2 Å². The molecule has 0 unspecified atom stereocenters. The fourth-order valence-corrected chi connectivity index (χ4v) is 1.48. The molecule has 0 aliphatic carbocycles. The fraction of sp³-hybridized carbons (Fsp3) is 0.167. The van der Waals surface area contributed by atoms with Crippen LogP contribution >= 0.6 is 0 Å². The molecule has 4 nitrogen and oxygen atoms in total. The molecule has 1 aliphatic rings. The molecule has 1 saturated heterocycles. The largest absolute Gasteiger partial charge is 0.497 e. The van der Waals surface area contributed by atoms with Crippen LogP contribution in [0.25, 0.3) is 6.08 Å². The number of halogens is 1. The minimum atomic E-state index is -0.717. The maximum atomic E-state index is 13.6. The number of esters is 2. The summed E-state index contributed by atoms with van der Waals surface area (Å²) in [5.74, 6) is -1.47. The van der Waals surface area contributed by atoms with Crippen LogP contribution in [0.5, 0.6) is 5.75 Å². The van der Waals surface area contributed by atoms with Gasteiger partial charge < -0.3 is 9.47 Å². The number of cyclic esters (lactones) is 2. The van der Waals surface area contributed by atoms with Gasteiger partial charge in [-0.05, 0) is 18.2 Å². The third-order valence-corrected chi connectivity index (χ3v) is 2.34. The maximum absolute atomic E-state index is 13.6. The summed E-state index contributed by atoms with van der Waals surface area (Å²) in [7, 11) is 1.43. The van der Waals surface area contributed by atoms with E-state index in [0.29, 0.717) is 5.75 Å². The fourth-order valence-electron chi connectivity index (χ4n) is 1.48. The Morgan fingerprint density at radius 1 is 1.41 bits per heavy atom. The van der Waals surface area contributed by atoms with Crippen molar-refractivity contribution in [2.75, 3.05) is 7.11 Å². The van der Waals surface area contributed by atoms with Crippen LogP contribution in [0.15, 0.2) is 23.8 Å². The Hall–Kier alpha value is -2.17.